The number of pyridine rings is 1. The lowest BCUT2D eigenvalue weighted by Gasteiger charge is -2.31. The Morgan fingerprint density at radius 3 is 2.68 bits per heavy atom. The fourth-order valence-corrected chi connectivity index (χ4v) is 3.97. The van der Waals surface area contributed by atoms with E-state index in [9.17, 15) is 9.18 Å². The summed E-state index contributed by atoms with van der Waals surface area (Å²) in [7, 11) is 0. The third-order valence-electron chi connectivity index (χ3n) is 5.47. The largest absolute Gasteiger partial charge is 0.360 e. The molecule has 1 saturated heterocycles. The Kier molecular flexibility index (Phi) is 5.39. The highest BCUT2D eigenvalue weighted by Gasteiger charge is 2.23. The molecule has 3 aromatic rings. The quantitative estimate of drug-likeness (QED) is 0.683. The Morgan fingerprint density at radius 2 is 1.96 bits per heavy atom. The van der Waals surface area contributed by atoms with E-state index in [0.717, 1.165) is 37.0 Å². The van der Waals surface area contributed by atoms with Crippen LogP contribution in [0.15, 0.2) is 42.6 Å². The molecule has 2 N–H and O–H groups in total. The van der Waals surface area contributed by atoms with Gasteiger partial charge in [-0.05, 0) is 86.8 Å². The lowest BCUT2D eigenvalue weighted by Crippen LogP contribution is -2.33. The number of carbonyl (C=O) groups is 1. The first kappa shape index (κ1) is 18.6. The number of H-pyrrole nitrogens is 1. The van der Waals surface area contributed by atoms with Crippen molar-refractivity contribution in [1.82, 2.24) is 14.9 Å². The zero-order valence-electron chi connectivity index (χ0n) is 16.0. The smallest absolute Gasteiger partial charge is 0.256 e. The van der Waals surface area contributed by atoms with Crippen molar-refractivity contribution >= 4 is 22.8 Å². The summed E-state index contributed by atoms with van der Waals surface area (Å²) in [5.41, 5.74) is 3.53. The normalized spacial score (nSPS) is 15.8. The fraction of sp³-hybridized carbons (Fsp3) is 0.364. The first-order chi connectivity index (χ1) is 13.6. The van der Waals surface area contributed by atoms with Crippen LogP contribution in [-0.4, -0.2) is 40.4 Å². The van der Waals surface area contributed by atoms with Crippen LogP contribution in [-0.2, 0) is 0 Å². The molecule has 0 atom stereocenters. The molecule has 1 aliphatic rings. The van der Waals surface area contributed by atoms with Crippen molar-refractivity contribution in [3.05, 3.63) is 59.5 Å². The maximum absolute atomic E-state index is 13.1. The van der Waals surface area contributed by atoms with E-state index in [1.165, 1.54) is 42.8 Å². The zero-order valence-corrected chi connectivity index (χ0v) is 16.0. The molecule has 0 saturated carbocycles. The van der Waals surface area contributed by atoms with E-state index < -0.39 is 0 Å². The van der Waals surface area contributed by atoms with Gasteiger partial charge >= 0.3 is 0 Å². The molecule has 6 heteroatoms. The number of aromatic nitrogens is 2. The number of hydrogen-bond donors (Lipinski definition) is 2. The number of benzene rings is 1. The van der Waals surface area contributed by atoms with Gasteiger partial charge in [-0.2, -0.15) is 0 Å². The molecule has 1 aliphatic heterocycles. The number of fused-ring (bicyclic) bond motifs is 1. The molecule has 0 aliphatic carbocycles. The van der Waals surface area contributed by atoms with Gasteiger partial charge < -0.3 is 15.2 Å². The average Bonchev–Trinajstić information content (AvgIpc) is 3.12. The number of hydrogen-bond acceptors (Lipinski definition) is 3. The van der Waals surface area contributed by atoms with Gasteiger partial charge in [0.2, 0.25) is 0 Å². The third kappa shape index (κ3) is 3.92. The Hall–Kier alpha value is -2.73. The van der Waals surface area contributed by atoms with E-state index in [0.29, 0.717) is 17.3 Å². The Balaban J connectivity index is 1.51. The molecule has 1 fully saturated rings. The summed E-state index contributed by atoms with van der Waals surface area (Å²) in [4.78, 5) is 22.9. The molecule has 0 bridgehead atoms. The zero-order chi connectivity index (χ0) is 19.5. The molecular weight excluding hydrogens is 355 g/mol. The monoisotopic (exact) mass is 380 g/mol. The number of carbonyl (C=O) groups excluding carboxylic acids is 1. The van der Waals surface area contributed by atoms with Crippen LogP contribution in [0.4, 0.5) is 10.2 Å². The minimum Gasteiger partial charge on any atom is -0.360 e. The first-order valence-corrected chi connectivity index (χ1v) is 9.91. The standard InChI is InChI=1S/C22H25FN4O/c1-2-11-27-12-9-15(10-13-27)18-14-24-19-7-8-20(25-21(18)19)26-22(28)16-3-5-17(23)6-4-16/h3-8,14-15,24H,2,9-13H2,1H3,(H,25,26,28). The van der Waals surface area contributed by atoms with E-state index in [-0.39, 0.29) is 11.7 Å². The number of likely N-dealkylation sites (tertiary alicyclic amines) is 1. The van der Waals surface area contributed by atoms with Gasteiger partial charge in [-0.25, -0.2) is 9.37 Å². The Labute approximate surface area is 164 Å². The number of piperidine rings is 1. The number of anilines is 1. The third-order valence-corrected chi connectivity index (χ3v) is 5.47. The maximum atomic E-state index is 13.1. The summed E-state index contributed by atoms with van der Waals surface area (Å²) in [5.74, 6) is 0.332. The Bertz CT molecular complexity index is 958. The van der Waals surface area contributed by atoms with Crippen LogP contribution < -0.4 is 5.32 Å². The predicted molar refractivity (Wildman–Crippen MR) is 109 cm³/mol. The van der Waals surface area contributed by atoms with E-state index in [4.69, 9.17) is 4.98 Å². The topological polar surface area (TPSA) is 61.0 Å². The van der Waals surface area contributed by atoms with Crippen LogP contribution in [0.25, 0.3) is 11.0 Å². The van der Waals surface area contributed by atoms with Crippen LogP contribution in [0.5, 0.6) is 0 Å². The number of aromatic amines is 1. The van der Waals surface area contributed by atoms with Crippen LogP contribution >= 0.6 is 0 Å². The van der Waals surface area contributed by atoms with Gasteiger partial charge in [0.15, 0.2) is 0 Å². The van der Waals surface area contributed by atoms with Crippen molar-refractivity contribution in [3.63, 3.8) is 0 Å². The van der Waals surface area contributed by atoms with Crippen molar-refractivity contribution in [1.29, 1.82) is 0 Å². The van der Waals surface area contributed by atoms with Crippen LogP contribution in [0.2, 0.25) is 0 Å². The molecule has 28 heavy (non-hydrogen) atoms. The van der Waals surface area contributed by atoms with Gasteiger partial charge in [-0.1, -0.05) is 6.92 Å². The summed E-state index contributed by atoms with van der Waals surface area (Å²) >= 11 is 0. The van der Waals surface area contributed by atoms with E-state index in [1.807, 2.05) is 6.07 Å². The average molecular weight is 380 g/mol. The number of halogens is 1. The van der Waals surface area contributed by atoms with E-state index in [2.05, 4.69) is 28.3 Å². The highest BCUT2D eigenvalue weighted by Crippen LogP contribution is 2.33. The number of amides is 1. The van der Waals surface area contributed by atoms with Crippen molar-refractivity contribution in [2.45, 2.75) is 32.1 Å². The highest BCUT2D eigenvalue weighted by molar-refractivity contribution is 6.04. The lowest BCUT2D eigenvalue weighted by molar-refractivity contribution is 0.102. The molecule has 146 valence electrons. The van der Waals surface area contributed by atoms with Crippen molar-refractivity contribution in [2.24, 2.45) is 0 Å². The van der Waals surface area contributed by atoms with Crippen LogP contribution in [0, 0.1) is 5.82 Å². The van der Waals surface area contributed by atoms with Crippen LogP contribution in [0.1, 0.15) is 48.0 Å². The Morgan fingerprint density at radius 1 is 1.21 bits per heavy atom. The first-order valence-electron chi connectivity index (χ1n) is 9.91. The fourth-order valence-electron chi connectivity index (χ4n) is 3.97. The molecule has 0 radical (unpaired) electrons. The summed E-state index contributed by atoms with van der Waals surface area (Å²) in [6, 6.07) is 9.22. The molecule has 2 aromatic heterocycles. The van der Waals surface area contributed by atoms with Gasteiger partial charge in [0.05, 0.1) is 11.0 Å². The minimum atomic E-state index is -0.363. The molecule has 4 rings (SSSR count). The van der Waals surface area contributed by atoms with Crippen molar-refractivity contribution < 1.29 is 9.18 Å². The molecule has 1 amide bonds. The lowest BCUT2D eigenvalue weighted by atomic mass is 9.90. The van der Waals surface area contributed by atoms with Gasteiger partial charge in [-0.3, -0.25) is 4.79 Å². The molecular formula is C22H25FN4O. The van der Waals surface area contributed by atoms with Gasteiger partial charge in [0.1, 0.15) is 11.6 Å². The SMILES string of the molecule is CCCN1CCC(c2c[nH]c3ccc(NC(=O)c4ccc(F)cc4)nc23)CC1. The summed E-state index contributed by atoms with van der Waals surface area (Å²) in [5, 5.41) is 2.82. The molecule has 5 nitrogen and oxygen atoms in total. The second kappa shape index (κ2) is 8.10. The molecule has 0 unspecified atom stereocenters. The van der Waals surface area contributed by atoms with Gasteiger partial charge in [-0.15, -0.1) is 0 Å². The van der Waals surface area contributed by atoms with E-state index in [1.54, 1.807) is 6.07 Å². The number of nitrogens with zero attached hydrogens (tertiary/aromatic N) is 2. The molecule has 0 spiro atoms. The highest BCUT2D eigenvalue weighted by atomic mass is 19.1. The summed E-state index contributed by atoms with van der Waals surface area (Å²) < 4.78 is 13.1. The van der Waals surface area contributed by atoms with Crippen LogP contribution in [0.3, 0.4) is 0 Å². The number of nitrogens with one attached hydrogen (secondary N) is 2. The van der Waals surface area contributed by atoms with Crippen molar-refractivity contribution in [2.75, 3.05) is 25.0 Å². The summed E-state index contributed by atoms with van der Waals surface area (Å²) in [6.45, 7) is 5.62. The molecule has 3 heterocycles. The predicted octanol–water partition coefficient (Wildman–Crippen LogP) is 4.54. The maximum Gasteiger partial charge on any atom is 0.256 e. The second-order valence-electron chi connectivity index (χ2n) is 7.41. The van der Waals surface area contributed by atoms with Crippen molar-refractivity contribution in [3.8, 4) is 0 Å². The molecule has 1 aromatic carbocycles. The van der Waals surface area contributed by atoms with E-state index >= 15 is 0 Å². The minimum absolute atomic E-state index is 0.295. The van der Waals surface area contributed by atoms with Gasteiger partial charge in [0, 0.05) is 11.8 Å². The second-order valence-corrected chi connectivity index (χ2v) is 7.41. The van der Waals surface area contributed by atoms with Gasteiger partial charge in [0.25, 0.3) is 5.91 Å². The number of rotatable bonds is 5. The summed E-state index contributed by atoms with van der Waals surface area (Å²) in [6.07, 6.45) is 5.50.